The molecule has 5 heteroatoms. The molecular formula is C27H33ClN2O2. The second-order valence-corrected chi connectivity index (χ2v) is 9.88. The summed E-state index contributed by atoms with van der Waals surface area (Å²) in [5.74, 6) is 1.90. The van der Waals surface area contributed by atoms with E-state index in [1.807, 2.05) is 6.07 Å². The number of methoxy groups -OCH3 is 1. The summed E-state index contributed by atoms with van der Waals surface area (Å²) in [7, 11) is 1.70. The van der Waals surface area contributed by atoms with Gasteiger partial charge in [0.2, 0.25) is 0 Å². The molecule has 0 heterocycles. The summed E-state index contributed by atoms with van der Waals surface area (Å²) in [6, 6.07) is 11.2. The van der Waals surface area contributed by atoms with Crippen molar-refractivity contribution in [2.24, 2.45) is 0 Å². The maximum absolute atomic E-state index is 9.45. The van der Waals surface area contributed by atoms with Gasteiger partial charge >= 0.3 is 0 Å². The average Bonchev–Trinajstić information content (AvgIpc) is 2.74. The molecule has 4 nitrogen and oxygen atoms in total. The molecule has 0 aliphatic heterocycles. The predicted octanol–water partition coefficient (Wildman–Crippen LogP) is 8.04. The van der Waals surface area contributed by atoms with Gasteiger partial charge in [0, 0.05) is 17.2 Å². The lowest BCUT2D eigenvalue weighted by Crippen LogP contribution is -2.22. The number of benzene rings is 2. The topological polar surface area (TPSA) is 66.0 Å². The van der Waals surface area contributed by atoms with E-state index in [0.29, 0.717) is 16.5 Å². The molecule has 0 bridgehead atoms. The zero-order chi connectivity index (χ0) is 24.1. The van der Waals surface area contributed by atoms with Crippen molar-refractivity contribution < 1.29 is 9.47 Å². The predicted molar refractivity (Wildman–Crippen MR) is 130 cm³/mol. The van der Waals surface area contributed by atoms with E-state index in [1.54, 1.807) is 13.2 Å². The number of nitriles is 2. The highest BCUT2D eigenvalue weighted by Gasteiger charge is 2.31. The van der Waals surface area contributed by atoms with E-state index < -0.39 is 0 Å². The van der Waals surface area contributed by atoms with Crippen LogP contribution in [0.2, 0.25) is 5.02 Å². The first kappa shape index (κ1) is 25.6. The third-order valence-corrected chi connectivity index (χ3v) is 6.34. The van der Waals surface area contributed by atoms with Crippen LogP contribution >= 0.6 is 11.6 Å². The first-order chi connectivity index (χ1) is 15.0. The molecule has 0 aromatic heterocycles. The molecule has 0 amide bonds. The highest BCUT2D eigenvalue weighted by molar-refractivity contribution is 6.32. The molecule has 0 aliphatic carbocycles. The van der Waals surface area contributed by atoms with Crippen LogP contribution in [0.1, 0.15) is 89.5 Å². The zero-order valence-electron chi connectivity index (χ0n) is 20.2. The molecule has 0 unspecified atom stereocenters. The third-order valence-electron chi connectivity index (χ3n) is 6.04. The van der Waals surface area contributed by atoms with Gasteiger partial charge in [-0.3, -0.25) is 0 Å². The summed E-state index contributed by atoms with van der Waals surface area (Å²) in [5.41, 5.74) is 2.28. The molecule has 0 N–H and O–H groups in total. The van der Waals surface area contributed by atoms with E-state index in [2.05, 4.69) is 59.7 Å². The largest absolute Gasteiger partial charge is 0.496 e. The first-order valence-electron chi connectivity index (χ1n) is 11.1. The van der Waals surface area contributed by atoms with Crippen LogP contribution in [0.3, 0.4) is 0 Å². The van der Waals surface area contributed by atoms with Crippen molar-refractivity contribution in [2.45, 2.75) is 78.1 Å². The highest BCUT2D eigenvalue weighted by Crippen LogP contribution is 2.46. The van der Waals surface area contributed by atoms with Crippen molar-refractivity contribution in [2.75, 3.05) is 7.11 Å². The van der Waals surface area contributed by atoms with E-state index in [0.717, 1.165) is 42.6 Å². The van der Waals surface area contributed by atoms with E-state index in [1.165, 1.54) is 6.07 Å². The zero-order valence-corrected chi connectivity index (χ0v) is 21.0. The number of nitrogens with zero attached hydrogens (tertiary/aromatic N) is 2. The number of rotatable bonds is 9. The molecule has 32 heavy (non-hydrogen) atoms. The Morgan fingerprint density at radius 3 is 1.72 bits per heavy atom. The molecule has 0 fully saturated rings. The lowest BCUT2D eigenvalue weighted by Gasteiger charge is -2.32. The van der Waals surface area contributed by atoms with Gasteiger partial charge in [-0.2, -0.15) is 10.5 Å². The molecule has 0 saturated heterocycles. The van der Waals surface area contributed by atoms with Crippen LogP contribution in [0.25, 0.3) is 0 Å². The summed E-state index contributed by atoms with van der Waals surface area (Å²) in [6.07, 6.45) is 4.03. The van der Waals surface area contributed by atoms with E-state index in [4.69, 9.17) is 21.1 Å². The maximum atomic E-state index is 9.45. The SMILES string of the molecule is CCCC(C)(C)c1cc(Oc2cc(C#N)c(C#N)cc2Cl)c(C(C)(C)CCC)cc1OC. The highest BCUT2D eigenvalue weighted by atomic mass is 35.5. The molecular weight excluding hydrogens is 420 g/mol. The van der Waals surface area contributed by atoms with Gasteiger partial charge in [-0.1, -0.05) is 66.0 Å². The van der Waals surface area contributed by atoms with Crippen molar-refractivity contribution in [1.82, 2.24) is 0 Å². The van der Waals surface area contributed by atoms with Gasteiger partial charge in [0.15, 0.2) is 0 Å². The number of hydrogen-bond acceptors (Lipinski definition) is 4. The van der Waals surface area contributed by atoms with Crippen LogP contribution < -0.4 is 9.47 Å². The summed E-state index contributed by atoms with van der Waals surface area (Å²) in [6.45, 7) is 13.1. The molecule has 170 valence electrons. The molecule has 2 aromatic carbocycles. The van der Waals surface area contributed by atoms with Gasteiger partial charge in [0.25, 0.3) is 0 Å². The minimum Gasteiger partial charge on any atom is -0.496 e. The Bertz CT molecular complexity index is 1060. The Balaban J connectivity index is 2.76. The summed E-state index contributed by atoms with van der Waals surface area (Å²) >= 11 is 6.44. The lowest BCUT2D eigenvalue weighted by atomic mass is 9.75. The van der Waals surface area contributed by atoms with Crippen LogP contribution in [0.15, 0.2) is 24.3 Å². The number of halogens is 1. The molecule has 0 spiro atoms. The number of ether oxygens (including phenoxy) is 2. The molecule has 0 radical (unpaired) electrons. The van der Waals surface area contributed by atoms with E-state index in [9.17, 15) is 10.5 Å². The first-order valence-corrected chi connectivity index (χ1v) is 11.5. The van der Waals surface area contributed by atoms with Crippen molar-refractivity contribution in [3.05, 3.63) is 51.5 Å². The normalized spacial score (nSPS) is 11.6. The molecule has 0 atom stereocenters. The molecule has 2 aromatic rings. The van der Waals surface area contributed by atoms with Gasteiger partial charge in [0.1, 0.15) is 29.4 Å². The Kier molecular flexibility index (Phi) is 8.22. The van der Waals surface area contributed by atoms with Gasteiger partial charge in [0.05, 0.1) is 23.3 Å². The fraction of sp³-hybridized carbons (Fsp3) is 0.481. The van der Waals surface area contributed by atoms with Crippen molar-refractivity contribution >= 4 is 11.6 Å². The summed E-state index contributed by atoms with van der Waals surface area (Å²) in [4.78, 5) is 0. The minimum absolute atomic E-state index is 0.113. The second kappa shape index (κ2) is 10.3. The Morgan fingerprint density at radius 1 is 0.781 bits per heavy atom. The van der Waals surface area contributed by atoms with Gasteiger partial charge in [-0.05, 0) is 41.9 Å². The molecule has 0 aliphatic rings. The van der Waals surface area contributed by atoms with Gasteiger partial charge < -0.3 is 9.47 Å². The maximum Gasteiger partial charge on any atom is 0.147 e. The average molecular weight is 453 g/mol. The quantitative estimate of drug-likeness (QED) is 0.386. The Labute approximate surface area is 197 Å². The van der Waals surface area contributed by atoms with Crippen LogP contribution in [0, 0.1) is 22.7 Å². The van der Waals surface area contributed by atoms with Crippen LogP contribution in [-0.4, -0.2) is 7.11 Å². The fourth-order valence-electron chi connectivity index (χ4n) is 4.33. The van der Waals surface area contributed by atoms with E-state index in [-0.39, 0.29) is 22.0 Å². The van der Waals surface area contributed by atoms with Crippen molar-refractivity contribution in [3.63, 3.8) is 0 Å². The van der Waals surface area contributed by atoms with Gasteiger partial charge in [-0.15, -0.1) is 0 Å². The van der Waals surface area contributed by atoms with Crippen molar-refractivity contribution in [1.29, 1.82) is 10.5 Å². The van der Waals surface area contributed by atoms with Crippen LogP contribution in [0.4, 0.5) is 0 Å². The summed E-state index contributed by atoms with van der Waals surface area (Å²) < 4.78 is 12.2. The standard InChI is InChI=1S/C27H33ClN2O2/c1-8-10-26(3,4)20-15-24(21(14-23(20)31-7)27(5,6)11-9-2)32-25-13-19(17-30)18(16-29)12-22(25)28/h12-15H,8-11H2,1-7H3. The molecule has 2 rings (SSSR count). The van der Waals surface area contributed by atoms with E-state index >= 15 is 0 Å². The third kappa shape index (κ3) is 5.37. The van der Waals surface area contributed by atoms with Gasteiger partial charge in [-0.25, -0.2) is 0 Å². The minimum atomic E-state index is -0.165. The lowest BCUT2D eigenvalue weighted by molar-refractivity contribution is 0.372. The smallest absolute Gasteiger partial charge is 0.147 e. The molecule has 0 saturated carbocycles. The summed E-state index contributed by atoms with van der Waals surface area (Å²) in [5, 5.41) is 19.0. The number of hydrogen-bond donors (Lipinski definition) is 0. The fourth-order valence-corrected chi connectivity index (χ4v) is 4.53. The van der Waals surface area contributed by atoms with Crippen LogP contribution in [0.5, 0.6) is 17.2 Å². The Hall–Kier alpha value is -2.69. The Morgan fingerprint density at radius 2 is 1.25 bits per heavy atom. The van der Waals surface area contributed by atoms with Crippen molar-refractivity contribution in [3.8, 4) is 29.4 Å². The van der Waals surface area contributed by atoms with Crippen LogP contribution in [-0.2, 0) is 10.8 Å². The second-order valence-electron chi connectivity index (χ2n) is 9.47. The monoisotopic (exact) mass is 452 g/mol.